The van der Waals surface area contributed by atoms with Crippen LogP contribution in [0.2, 0.25) is 0 Å². The topological polar surface area (TPSA) is 67.7 Å². The van der Waals surface area contributed by atoms with Gasteiger partial charge in [-0.05, 0) is 31.2 Å². The fourth-order valence-corrected chi connectivity index (χ4v) is 1.14. The Kier molecular flexibility index (Phi) is 2.86. The molecule has 0 bridgehead atoms. The van der Waals surface area contributed by atoms with Crippen LogP contribution >= 0.6 is 0 Å². The third-order valence-corrected chi connectivity index (χ3v) is 1.86. The number of hydrogen-bond acceptors (Lipinski definition) is 4. The first-order valence-electron chi connectivity index (χ1n) is 4.69. The van der Waals surface area contributed by atoms with E-state index in [0.717, 1.165) is 5.76 Å². The van der Waals surface area contributed by atoms with Crippen LogP contribution < -0.4 is 5.43 Å². The molecule has 0 aliphatic heterocycles. The Morgan fingerprint density at radius 3 is 2.94 bits per heavy atom. The van der Waals surface area contributed by atoms with Crippen LogP contribution in [0.5, 0.6) is 0 Å². The van der Waals surface area contributed by atoms with E-state index < -0.39 is 5.91 Å². The molecule has 0 saturated carbocycles. The van der Waals surface area contributed by atoms with Crippen molar-refractivity contribution >= 4 is 12.1 Å². The number of nitrogens with zero attached hydrogens (tertiary/aromatic N) is 1. The van der Waals surface area contributed by atoms with Gasteiger partial charge in [-0.2, -0.15) is 5.10 Å². The molecule has 16 heavy (non-hydrogen) atoms. The van der Waals surface area contributed by atoms with Crippen LogP contribution in [0, 0.1) is 6.92 Å². The highest BCUT2D eigenvalue weighted by molar-refractivity contribution is 5.92. The highest BCUT2D eigenvalue weighted by atomic mass is 16.3. The maximum atomic E-state index is 11.4. The van der Waals surface area contributed by atoms with Gasteiger partial charge in [-0.3, -0.25) is 4.79 Å². The van der Waals surface area contributed by atoms with Gasteiger partial charge in [0, 0.05) is 0 Å². The van der Waals surface area contributed by atoms with Crippen molar-refractivity contribution in [2.24, 2.45) is 5.10 Å². The molecule has 1 amide bonds. The molecule has 0 saturated heterocycles. The van der Waals surface area contributed by atoms with E-state index in [4.69, 9.17) is 8.83 Å². The molecule has 0 atom stereocenters. The van der Waals surface area contributed by atoms with E-state index in [1.165, 1.54) is 12.5 Å². The Balaban J connectivity index is 1.93. The van der Waals surface area contributed by atoms with Gasteiger partial charge < -0.3 is 8.83 Å². The van der Waals surface area contributed by atoms with E-state index >= 15 is 0 Å². The normalized spacial score (nSPS) is 10.8. The molecule has 2 aromatic rings. The summed E-state index contributed by atoms with van der Waals surface area (Å²) >= 11 is 0. The monoisotopic (exact) mass is 218 g/mol. The summed E-state index contributed by atoms with van der Waals surface area (Å²) in [6, 6.07) is 6.77. The maximum Gasteiger partial charge on any atom is 0.307 e. The van der Waals surface area contributed by atoms with Crippen LogP contribution in [0.15, 0.2) is 44.5 Å². The standard InChI is InChI=1S/C11H10N2O3/c1-8-4-5-9(16-8)7-12-13-11(14)10-3-2-6-15-10/h2-7H,1H3,(H,13,14). The van der Waals surface area contributed by atoms with Crippen molar-refractivity contribution in [2.75, 3.05) is 0 Å². The summed E-state index contributed by atoms with van der Waals surface area (Å²) < 4.78 is 10.1. The number of carbonyl (C=O) groups excluding carboxylic acids is 1. The summed E-state index contributed by atoms with van der Waals surface area (Å²) in [6.07, 6.45) is 2.85. The van der Waals surface area contributed by atoms with Gasteiger partial charge in [0.15, 0.2) is 5.76 Å². The number of furan rings is 2. The Morgan fingerprint density at radius 2 is 2.31 bits per heavy atom. The molecule has 0 aliphatic carbocycles. The fraction of sp³-hybridized carbons (Fsp3) is 0.0909. The number of hydrazone groups is 1. The summed E-state index contributed by atoms with van der Waals surface area (Å²) in [5.74, 6) is 1.19. The summed E-state index contributed by atoms with van der Waals surface area (Å²) in [5.41, 5.74) is 2.32. The van der Waals surface area contributed by atoms with Gasteiger partial charge in [-0.15, -0.1) is 0 Å². The van der Waals surface area contributed by atoms with E-state index in [2.05, 4.69) is 10.5 Å². The molecule has 2 aromatic heterocycles. The predicted octanol–water partition coefficient (Wildman–Crippen LogP) is 1.94. The van der Waals surface area contributed by atoms with Crippen LogP contribution in [0.3, 0.4) is 0 Å². The highest BCUT2D eigenvalue weighted by Gasteiger charge is 2.05. The fourth-order valence-electron chi connectivity index (χ4n) is 1.14. The summed E-state index contributed by atoms with van der Waals surface area (Å²) in [4.78, 5) is 11.4. The second kappa shape index (κ2) is 4.48. The van der Waals surface area contributed by atoms with Gasteiger partial charge in [0.05, 0.1) is 12.5 Å². The van der Waals surface area contributed by atoms with Gasteiger partial charge in [0.2, 0.25) is 0 Å². The molecule has 0 spiro atoms. The number of rotatable bonds is 3. The number of hydrogen-bond donors (Lipinski definition) is 1. The Labute approximate surface area is 91.7 Å². The molecule has 0 radical (unpaired) electrons. The second-order valence-corrected chi connectivity index (χ2v) is 3.12. The van der Waals surface area contributed by atoms with Gasteiger partial charge in [-0.25, -0.2) is 5.43 Å². The first kappa shape index (κ1) is 10.2. The molecule has 0 aromatic carbocycles. The van der Waals surface area contributed by atoms with Crippen LogP contribution in [0.1, 0.15) is 22.1 Å². The molecule has 0 fully saturated rings. The third-order valence-electron chi connectivity index (χ3n) is 1.86. The number of carbonyl (C=O) groups is 1. The van der Waals surface area contributed by atoms with E-state index in [9.17, 15) is 4.79 Å². The number of nitrogens with one attached hydrogen (secondary N) is 1. The molecule has 0 aliphatic rings. The van der Waals surface area contributed by atoms with Crippen molar-refractivity contribution in [3.63, 3.8) is 0 Å². The molecule has 2 rings (SSSR count). The SMILES string of the molecule is Cc1ccc(C=NNC(=O)c2ccco2)o1. The van der Waals surface area contributed by atoms with E-state index in [1.54, 1.807) is 18.2 Å². The van der Waals surface area contributed by atoms with E-state index in [1.807, 2.05) is 13.0 Å². The average molecular weight is 218 g/mol. The Hall–Kier alpha value is -2.30. The van der Waals surface area contributed by atoms with Crippen molar-refractivity contribution in [3.05, 3.63) is 47.8 Å². The number of aryl methyl sites for hydroxylation is 1. The molecular formula is C11H10N2O3. The largest absolute Gasteiger partial charge is 0.460 e. The first-order chi connectivity index (χ1) is 7.75. The lowest BCUT2D eigenvalue weighted by Gasteiger charge is -1.93. The molecule has 5 heteroatoms. The highest BCUT2D eigenvalue weighted by Crippen LogP contribution is 2.03. The van der Waals surface area contributed by atoms with Crippen LogP contribution in [-0.4, -0.2) is 12.1 Å². The van der Waals surface area contributed by atoms with Gasteiger partial charge in [0.25, 0.3) is 0 Å². The zero-order valence-electron chi connectivity index (χ0n) is 8.64. The lowest BCUT2D eigenvalue weighted by Crippen LogP contribution is -2.16. The van der Waals surface area contributed by atoms with Crippen LogP contribution in [0.4, 0.5) is 0 Å². The van der Waals surface area contributed by atoms with E-state index in [-0.39, 0.29) is 5.76 Å². The molecule has 1 N–H and O–H groups in total. The lowest BCUT2D eigenvalue weighted by molar-refractivity contribution is 0.0927. The maximum absolute atomic E-state index is 11.4. The minimum atomic E-state index is -0.399. The first-order valence-corrected chi connectivity index (χ1v) is 4.69. The van der Waals surface area contributed by atoms with E-state index in [0.29, 0.717) is 5.76 Å². The molecular weight excluding hydrogens is 208 g/mol. The van der Waals surface area contributed by atoms with Crippen molar-refractivity contribution in [2.45, 2.75) is 6.92 Å². The van der Waals surface area contributed by atoms with Gasteiger partial charge in [0.1, 0.15) is 11.5 Å². The number of amides is 1. The third kappa shape index (κ3) is 2.38. The quantitative estimate of drug-likeness (QED) is 0.632. The van der Waals surface area contributed by atoms with Gasteiger partial charge in [-0.1, -0.05) is 0 Å². The summed E-state index contributed by atoms with van der Waals surface area (Å²) in [5, 5.41) is 3.73. The smallest absolute Gasteiger partial charge is 0.307 e. The van der Waals surface area contributed by atoms with Crippen molar-refractivity contribution in [1.29, 1.82) is 0 Å². The minimum absolute atomic E-state index is 0.216. The predicted molar refractivity (Wildman–Crippen MR) is 57.2 cm³/mol. The van der Waals surface area contributed by atoms with Crippen LogP contribution in [0.25, 0.3) is 0 Å². The zero-order valence-corrected chi connectivity index (χ0v) is 8.64. The lowest BCUT2D eigenvalue weighted by atomic mass is 10.4. The second-order valence-electron chi connectivity index (χ2n) is 3.12. The minimum Gasteiger partial charge on any atom is -0.460 e. The molecule has 2 heterocycles. The van der Waals surface area contributed by atoms with Crippen molar-refractivity contribution in [3.8, 4) is 0 Å². The van der Waals surface area contributed by atoms with Gasteiger partial charge >= 0.3 is 5.91 Å². The summed E-state index contributed by atoms with van der Waals surface area (Å²) in [6.45, 7) is 1.83. The van der Waals surface area contributed by atoms with Crippen molar-refractivity contribution in [1.82, 2.24) is 5.43 Å². The average Bonchev–Trinajstić information content (AvgIpc) is 2.89. The molecule has 82 valence electrons. The summed E-state index contributed by atoms with van der Waals surface area (Å²) in [7, 11) is 0. The Bertz CT molecular complexity index is 497. The molecule has 0 unspecified atom stereocenters. The van der Waals surface area contributed by atoms with Crippen molar-refractivity contribution < 1.29 is 13.6 Å². The zero-order chi connectivity index (χ0) is 11.4. The Morgan fingerprint density at radius 1 is 1.44 bits per heavy atom. The molecule has 5 nitrogen and oxygen atoms in total. The van der Waals surface area contributed by atoms with Crippen LogP contribution in [-0.2, 0) is 0 Å².